The van der Waals surface area contributed by atoms with Crippen molar-refractivity contribution in [3.8, 4) is 23.2 Å². The third kappa shape index (κ3) is 5.08. The van der Waals surface area contributed by atoms with Gasteiger partial charge in [0.2, 0.25) is 11.8 Å². The summed E-state index contributed by atoms with van der Waals surface area (Å²) in [4.78, 5) is 11.4. The lowest BCUT2D eigenvalue weighted by Gasteiger charge is -2.28. The molecule has 9 nitrogen and oxygen atoms in total. The number of nitrogens with one attached hydrogen (secondary N) is 1. The van der Waals surface area contributed by atoms with Gasteiger partial charge in [0.1, 0.15) is 0 Å². The van der Waals surface area contributed by atoms with Gasteiger partial charge in [-0.15, -0.1) is 0 Å². The SMILES string of the molecule is COc1c(-c2ccnc(Nc3ccc(N4CCOCC4)cc3)n2)cnn1C(CC#N)C1CCCC1. The molecule has 1 aromatic carbocycles. The van der Waals surface area contributed by atoms with E-state index in [-0.39, 0.29) is 6.04 Å². The van der Waals surface area contributed by atoms with E-state index in [4.69, 9.17) is 14.5 Å². The van der Waals surface area contributed by atoms with Crippen molar-refractivity contribution in [2.24, 2.45) is 5.92 Å². The minimum Gasteiger partial charge on any atom is -0.481 e. The van der Waals surface area contributed by atoms with Crippen LogP contribution in [-0.2, 0) is 4.74 Å². The second-order valence-electron chi connectivity index (χ2n) is 9.02. The fourth-order valence-corrected chi connectivity index (χ4v) is 5.13. The molecule has 1 unspecified atom stereocenters. The zero-order valence-corrected chi connectivity index (χ0v) is 20.1. The fraction of sp³-hybridized carbons (Fsp3) is 0.462. The number of anilines is 3. The molecule has 0 spiro atoms. The van der Waals surface area contributed by atoms with E-state index >= 15 is 0 Å². The molecule has 1 aliphatic heterocycles. The van der Waals surface area contributed by atoms with Crippen LogP contribution < -0.4 is 15.0 Å². The summed E-state index contributed by atoms with van der Waals surface area (Å²) >= 11 is 0. The minimum atomic E-state index is 0.00983. The molecule has 0 radical (unpaired) electrons. The lowest BCUT2D eigenvalue weighted by molar-refractivity contribution is 0.122. The molecule has 1 N–H and O–H groups in total. The van der Waals surface area contributed by atoms with E-state index in [1.807, 2.05) is 22.9 Å². The molecule has 182 valence electrons. The molecule has 0 amide bonds. The van der Waals surface area contributed by atoms with Crippen molar-refractivity contribution in [1.29, 1.82) is 5.26 Å². The maximum Gasteiger partial charge on any atom is 0.227 e. The predicted molar refractivity (Wildman–Crippen MR) is 134 cm³/mol. The van der Waals surface area contributed by atoms with E-state index in [0.29, 0.717) is 24.2 Å². The Morgan fingerprint density at radius 3 is 2.66 bits per heavy atom. The number of nitriles is 1. The van der Waals surface area contributed by atoms with Gasteiger partial charge >= 0.3 is 0 Å². The van der Waals surface area contributed by atoms with Crippen LogP contribution >= 0.6 is 0 Å². The third-order valence-corrected chi connectivity index (χ3v) is 6.93. The summed E-state index contributed by atoms with van der Waals surface area (Å²) in [6, 6.07) is 12.5. The second kappa shape index (κ2) is 10.7. The van der Waals surface area contributed by atoms with Crippen LogP contribution in [0.15, 0.2) is 42.7 Å². The monoisotopic (exact) mass is 473 g/mol. The molecule has 2 fully saturated rings. The Balaban J connectivity index is 1.35. The summed E-state index contributed by atoms with van der Waals surface area (Å²) in [5.41, 5.74) is 3.61. The first-order chi connectivity index (χ1) is 17.3. The highest BCUT2D eigenvalue weighted by Gasteiger charge is 2.30. The van der Waals surface area contributed by atoms with E-state index in [2.05, 4.69) is 38.5 Å². The summed E-state index contributed by atoms with van der Waals surface area (Å²) < 4.78 is 13.1. The molecule has 3 aromatic rings. The van der Waals surface area contributed by atoms with Crippen LogP contribution in [0.3, 0.4) is 0 Å². The smallest absolute Gasteiger partial charge is 0.227 e. The van der Waals surface area contributed by atoms with Crippen molar-refractivity contribution < 1.29 is 9.47 Å². The second-order valence-corrected chi connectivity index (χ2v) is 9.02. The van der Waals surface area contributed by atoms with Crippen molar-refractivity contribution in [2.75, 3.05) is 43.6 Å². The average Bonchev–Trinajstić information content (AvgIpc) is 3.59. The molecule has 35 heavy (non-hydrogen) atoms. The average molecular weight is 474 g/mol. The Kier molecular flexibility index (Phi) is 7.09. The zero-order chi connectivity index (χ0) is 24.0. The first-order valence-electron chi connectivity index (χ1n) is 12.3. The van der Waals surface area contributed by atoms with E-state index in [1.54, 1.807) is 19.5 Å². The molecule has 5 rings (SSSR count). The third-order valence-electron chi connectivity index (χ3n) is 6.93. The lowest BCUT2D eigenvalue weighted by atomic mass is 9.96. The molecule has 2 aliphatic rings. The molecular weight excluding hydrogens is 442 g/mol. The van der Waals surface area contributed by atoms with Gasteiger partial charge in [-0.25, -0.2) is 14.6 Å². The van der Waals surface area contributed by atoms with Gasteiger partial charge in [-0.2, -0.15) is 10.4 Å². The highest BCUT2D eigenvalue weighted by Crippen LogP contribution is 2.40. The Labute approximate surface area is 205 Å². The number of hydrogen-bond donors (Lipinski definition) is 1. The number of rotatable bonds is 8. The summed E-state index contributed by atoms with van der Waals surface area (Å²) in [6.45, 7) is 3.34. The van der Waals surface area contributed by atoms with Crippen LogP contribution in [0.4, 0.5) is 17.3 Å². The summed E-state index contributed by atoms with van der Waals surface area (Å²) in [7, 11) is 1.64. The molecule has 2 aromatic heterocycles. The number of nitrogens with zero attached hydrogens (tertiary/aromatic N) is 6. The normalized spacial score (nSPS) is 17.2. The number of ether oxygens (including phenoxy) is 2. The van der Waals surface area contributed by atoms with Crippen LogP contribution in [0.25, 0.3) is 11.3 Å². The molecule has 1 atom stereocenters. The molecule has 9 heteroatoms. The highest BCUT2D eigenvalue weighted by molar-refractivity contribution is 5.67. The predicted octanol–water partition coefficient (Wildman–Crippen LogP) is 4.57. The van der Waals surface area contributed by atoms with Crippen LogP contribution in [-0.4, -0.2) is 53.2 Å². The molecule has 1 aliphatic carbocycles. The summed E-state index contributed by atoms with van der Waals surface area (Å²) in [5.74, 6) is 1.58. The lowest BCUT2D eigenvalue weighted by Crippen LogP contribution is -2.36. The van der Waals surface area contributed by atoms with E-state index < -0.39 is 0 Å². The fourth-order valence-electron chi connectivity index (χ4n) is 5.13. The quantitative estimate of drug-likeness (QED) is 0.508. The zero-order valence-electron chi connectivity index (χ0n) is 20.1. The topological polar surface area (TPSA) is 101 Å². The van der Waals surface area contributed by atoms with Gasteiger partial charge in [0.15, 0.2) is 0 Å². The molecule has 0 bridgehead atoms. The van der Waals surface area contributed by atoms with Crippen molar-refractivity contribution in [3.63, 3.8) is 0 Å². The van der Waals surface area contributed by atoms with Gasteiger partial charge < -0.3 is 19.7 Å². The number of morpholine rings is 1. The van der Waals surface area contributed by atoms with Crippen LogP contribution in [0.1, 0.15) is 38.1 Å². The number of methoxy groups -OCH3 is 1. The number of aromatic nitrogens is 4. The number of hydrogen-bond acceptors (Lipinski definition) is 8. The molecule has 1 saturated heterocycles. The number of benzene rings is 1. The minimum absolute atomic E-state index is 0.00983. The summed E-state index contributed by atoms with van der Waals surface area (Å²) in [5, 5.41) is 17.4. The van der Waals surface area contributed by atoms with Crippen LogP contribution in [0.2, 0.25) is 0 Å². The van der Waals surface area contributed by atoms with Crippen molar-refractivity contribution in [1.82, 2.24) is 19.7 Å². The van der Waals surface area contributed by atoms with Crippen molar-refractivity contribution in [2.45, 2.75) is 38.1 Å². The Bertz CT molecular complexity index is 1160. The van der Waals surface area contributed by atoms with Gasteiger partial charge in [-0.1, -0.05) is 12.8 Å². The van der Waals surface area contributed by atoms with Gasteiger partial charge in [-0.3, -0.25) is 0 Å². The molecule has 3 heterocycles. The van der Waals surface area contributed by atoms with Crippen molar-refractivity contribution >= 4 is 17.3 Å². The van der Waals surface area contributed by atoms with Gasteiger partial charge in [-0.05, 0) is 49.1 Å². The Morgan fingerprint density at radius 1 is 1.17 bits per heavy atom. The van der Waals surface area contributed by atoms with Gasteiger partial charge in [0.25, 0.3) is 0 Å². The molecular formula is C26H31N7O2. The molecule has 1 saturated carbocycles. The largest absolute Gasteiger partial charge is 0.481 e. The standard InChI is InChI=1S/C26H31N7O2/c1-34-25-22(18-29-33(25)24(10-12-27)19-4-2-3-5-19)23-11-13-28-26(31-23)30-20-6-8-21(9-7-20)32-14-16-35-17-15-32/h6-9,11,13,18-19,24H,2-5,10,14-17H2,1H3,(H,28,30,31). The summed E-state index contributed by atoms with van der Waals surface area (Å²) in [6.07, 6.45) is 8.58. The van der Waals surface area contributed by atoms with E-state index in [1.165, 1.54) is 18.5 Å². The van der Waals surface area contributed by atoms with E-state index in [9.17, 15) is 5.26 Å². The first-order valence-corrected chi connectivity index (χ1v) is 12.3. The maximum atomic E-state index is 9.44. The Hall–Kier alpha value is -3.64. The van der Waals surface area contributed by atoms with Gasteiger partial charge in [0.05, 0.1) is 56.3 Å². The Morgan fingerprint density at radius 2 is 1.94 bits per heavy atom. The first kappa shape index (κ1) is 23.1. The maximum absolute atomic E-state index is 9.44. The van der Waals surface area contributed by atoms with E-state index in [0.717, 1.165) is 56.1 Å². The highest BCUT2D eigenvalue weighted by atomic mass is 16.5. The van der Waals surface area contributed by atoms with Gasteiger partial charge in [0, 0.05) is 30.7 Å². The van der Waals surface area contributed by atoms with Crippen LogP contribution in [0, 0.1) is 17.2 Å². The van der Waals surface area contributed by atoms with Crippen molar-refractivity contribution in [3.05, 3.63) is 42.7 Å². The van der Waals surface area contributed by atoms with Crippen LogP contribution in [0.5, 0.6) is 5.88 Å².